The molecule has 1 saturated heterocycles. The Morgan fingerprint density at radius 1 is 1.27 bits per heavy atom. The van der Waals surface area contributed by atoms with Gasteiger partial charge in [-0.25, -0.2) is 4.98 Å². The predicted molar refractivity (Wildman–Crippen MR) is 90.8 cm³/mol. The molecule has 0 atom stereocenters. The van der Waals surface area contributed by atoms with Crippen molar-refractivity contribution in [2.45, 2.75) is 25.8 Å². The van der Waals surface area contributed by atoms with Gasteiger partial charge in [-0.3, -0.25) is 4.98 Å². The van der Waals surface area contributed by atoms with Gasteiger partial charge in [0.15, 0.2) is 0 Å². The number of rotatable bonds is 3. The first kappa shape index (κ1) is 15.5. The number of nitrogens with zero attached hydrogens (tertiary/aromatic N) is 3. The van der Waals surface area contributed by atoms with Crippen LogP contribution in [0.15, 0.2) is 24.4 Å². The van der Waals surface area contributed by atoms with Crippen LogP contribution in [-0.4, -0.2) is 28.6 Å². The van der Waals surface area contributed by atoms with Crippen LogP contribution in [0, 0.1) is 6.92 Å². The van der Waals surface area contributed by atoms with Gasteiger partial charge < -0.3 is 10.6 Å². The first-order valence-electron chi connectivity index (χ1n) is 7.14. The third-order valence-electron chi connectivity index (χ3n) is 3.82. The van der Waals surface area contributed by atoms with Crippen LogP contribution in [0.4, 0.5) is 5.82 Å². The standard InChI is InChI=1S/C16H18Cl2N4/c1-10-14(6-11-3-4-12(17)13(18)5-11)20-7-15(21-10)22-8-16(2,19)9-22/h3-5,7H,6,8-9,19H2,1-2H3. The van der Waals surface area contributed by atoms with Crippen molar-refractivity contribution in [3.63, 3.8) is 0 Å². The molecular formula is C16H18Cl2N4. The molecule has 0 saturated carbocycles. The zero-order chi connectivity index (χ0) is 15.9. The summed E-state index contributed by atoms with van der Waals surface area (Å²) in [5, 5.41) is 1.12. The third kappa shape index (κ3) is 3.19. The summed E-state index contributed by atoms with van der Waals surface area (Å²) in [5.74, 6) is 0.887. The number of aromatic nitrogens is 2. The molecule has 1 aliphatic heterocycles. The number of hydrogen-bond acceptors (Lipinski definition) is 4. The quantitative estimate of drug-likeness (QED) is 0.934. The smallest absolute Gasteiger partial charge is 0.147 e. The lowest BCUT2D eigenvalue weighted by Crippen LogP contribution is -2.65. The van der Waals surface area contributed by atoms with Crippen LogP contribution >= 0.6 is 23.2 Å². The lowest BCUT2D eigenvalue weighted by molar-refractivity contribution is 0.362. The average Bonchev–Trinajstić information content (AvgIpc) is 2.42. The van der Waals surface area contributed by atoms with Gasteiger partial charge >= 0.3 is 0 Å². The SMILES string of the molecule is Cc1nc(N2CC(C)(N)C2)cnc1Cc1ccc(Cl)c(Cl)c1. The van der Waals surface area contributed by atoms with Gasteiger partial charge in [0.2, 0.25) is 0 Å². The number of halogens is 2. The van der Waals surface area contributed by atoms with Crippen molar-refractivity contribution in [1.82, 2.24) is 9.97 Å². The molecule has 116 valence electrons. The highest BCUT2D eigenvalue weighted by molar-refractivity contribution is 6.42. The lowest BCUT2D eigenvalue weighted by Gasteiger charge is -2.46. The fourth-order valence-electron chi connectivity index (χ4n) is 2.65. The molecule has 0 radical (unpaired) electrons. The fraction of sp³-hybridized carbons (Fsp3) is 0.375. The van der Waals surface area contributed by atoms with Crippen molar-refractivity contribution in [3.05, 3.63) is 51.4 Å². The van der Waals surface area contributed by atoms with Crippen molar-refractivity contribution in [2.24, 2.45) is 5.73 Å². The summed E-state index contributed by atoms with van der Waals surface area (Å²) in [7, 11) is 0. The van der Waals surface area contributed by atoms with Crippen LogP contribution in [0.1, 0.15) is 23.9 Å². The Morgan fingerprint density at radius 3 is 2.59 bits per heavy atom. The molecule has 2 heterocycles. The van der Waals surface area contributed by atoms with E-state index >= 15 is 0 Å². The van der Waals surface area contributed by atoms with Crippen LogP contribution in [-0.2, 0) is 6.42 Å². The Kier molecular flexibility index (Phi) is 4.02. The third-order valence-corrected chi connectivity index (χ3v) is 4.56. The highest BCUT2D eigenvalue weighted by atomic mass is 35.5. The van der Waals surface area contributed by atoms with Crippen molar-refractivity contribution in [1.29, 1.82) is 0 Å². The van der Waals surface area contributed by atoms with Crippen molar-refractivity contribution in [3.8, 4) is 0 Å². The predicted octanol–water partition coefficient (Wildman–Crippen LogP) is 3.22. The van der Waals surface area contributed by atoms with Gasteiger partial charge in [0.05, 0.1) is 27.6 Å². The normalized spacial score (nSPS) is 16.5. The van der Waals surface area contributed by atoms with Crippen LogP contribution in [0.25, 0.3) is 0 Å². The summed E-state index contributed by atoms with van der Waals surface area (Å²) in [4.78, 5) is 11.3. The van der Waals surface area contributed by atoms with Gasteiger partial charge in [0, 0.05) is 25.0 Å². The molecule has 2 aromatic rings. The van der Waals surface area contributed by atoms with Crippen molar-refractivity contribution in [2.75, 3.05) is 18.0 Å². The topological polar surface area (TPSA) is 55.0 Å². The highest BCUT2D eigenvalue weighted by Crippen LogP contribution is 2.26. The van der Waals surface area contributed by atoms with E-state index < -0.39 is 0 Å². The molecule has 0 unspecified atom stereocenters. The Bertz CT molecular complexity index is 707. The minimum Gasteiger partial charge on any atom is -0.352 e. The van der Waals surface area contributed by atoms with Crippen LogP contribution in [0.2, 0.25) is 10.0 Å². The van der Waals surface area contributed by atoms with Gasteiger partial charge in [-0.15, -0.1) is 0 Å². The monoisotopic (exact) mass is 336 g/mol. The summed E-state index contributed by atoms with van der Waals surface area (Å²) in [6.07, 6.45) is 2.50. The molecule has 0 bridgehead atoms. The van der Waals surface area contributed by atoms with E-state index in [1.807, 2.05) is 32.2 Å². The van der Waals surface area contributed by atoms with E-state index in [0.29, 0.717) is 16.5 Å². The molecule has 3 rings (SSSR count). The van der Waals surface area contributed by atoms with Crippen LogP contribution in [0.5, 0.6) is 0 Å². The number of anilines is 1. The van der Waals surface area contributed by atoms with Gasteiger partial charge in [-0.05, 0) is 31.5 Å². The largest absolute Gasteiger partial charge is 0.352 e. The van der Waals surface area contributed by atoms with Crippen LogP contribution < -0.4 is 10.6 Å². The summed E-state index contributed by atoms with van der Waals surface area (Å²) >= 11 is 12.0. The van der Waals surface area contributed by atoms with E-state index in [0.717, 1.165) is 35.9 Å². The fourth-order valence-corrected chi connectivity index (χ4v) is 2.97. The Morgan fingerprint density at radius 2 is 2.00 bits per heavy atom. The molecule has 0 aliphatic carbocycles. The van der Waals surface area contributed by atoms with Gasteiger partial charge in [0.25, 0.3) is 0 Å². The second-order valence-corrected chi connectivity index (χ2v) is 7.01. The average molecular weight is 337 g/mol. The number of benzene rings is 1. The Balaban J connectivity index is 1.76. The molecule has 2 N–H and O–H groups in total. The molecule has 0 spiro atoms. The highest BCUT2D eigenvalue weighted by Gasteiger charge is 2.35. The van der Waals surface area contributed by atoms with Gasteiger partial charge in [0.1, 0.15) is 5.82 Å². The minimum atomic E-state index is -0.117. The van der Waals surface area contributed by atoms with E-state index in [1.54, 1.807) is 6.07 Å². The molecule has 0 amide bonds. The zero-order valence-electron chi connectivity index (χ0n) is 12.6. The van der Waals surface area contributed by atoms with E-state index in [4.69, 9.17) is 28.9 Å². The number of aryl methyl sites for hydroxylation is 1. The molecule has 1 aromatic heterocycles. The lowest BCUT2D eigenvalue weighted by atomic mass is 9.94. The molecular weight excluding hydrogens is 319 g/mol. The summed E-state index contributed by atoms with van der Waals surface area (Å²) < 4.78 is 0. The summed E-state index contributed by atoms with van der Waals surface area (Å²) in [6, 6.07) is 5.63. The van der Waals surface area contributed by atoms with Crippen molar-refractivity contribution < 1.29 is 0 Å². The number of hydrogen-bond donors (Lipinski definition) is 1. The second-order valence-electron chi connectivity index (χ2n) is 6.20. The van der Waals surface area contributed by atoms with Gasteiger partial charge in [-0.1, -0.05) is 29.3 Å². The molecule has 1 aliphatic rings. The number of nitrogens with two attached hydrogens (primary N) is 1. The van der Waals surface area contributed by atoms with Crippen LogP contribution in [0.3, 0.4) is 0 Å². The maximum absolute atomic E-state index is 6.05. The maximum atomic E-state index is 6.05. The van der Waals surface area contributed by atoms with Crippen molar-refractivity contribution >= 4 is 29.0 Å². The first-order valence-corrected chi connectivity index (χ1v) is 7.90. The summed E-state index contributed by atoms with van der Waals surface area (Å²) in [6.45, 7) is 5.65. The zero-order valence-corrected chi connectivity index (χ0v) is 14.1. The maximum Gasteiger partial charge on any atom is 0.147 e. The molecule has 1 aromatic carbocycles. The molecule has 22 heavy (non-hydrogen) atoms. The van der Waals surface area contributed by atoms with E-state index in [1.165, 1.54) is 0 Å². The molecule has 4 nitrogen and oxygen atoms in total. The second kappa shape index (κ2) is 5.69. The molecule has 1 fully saturated rings. The van der Waals surface area contributed by atoms with E-state index in [-0.39, 0.29) is 5.54 Å². The first-order chi connectivity index (χ1) is 10.3. The van der Waals surface area contributed by atoms with Gasteiger partial charge in [-0.2, -0.15) is 0 Å². The van der Waals surface area contributed by atoms with E-state index in [9.17, 15) is 0 Å². The Labute approximate surface area is 140 Å². The summed E-state index contributed by atoms with van der Waals surface area (Å²) in [5.41, 5.74) is 8.85. The minimum absolute atomic E-state index is 0.117. The molecule has 6 heteroatoms. The Hall–Kier alpha value is -1.36. The van der Waals surface area contributed by atoms with E-state index in [2.05, 4.69) is 14.9 Å².